The van der Waals surface area contributed by atoms with E-state index in [1.165, 1.54) is 38.5 Å². The normalized spacial score (nSPS) is 34.8. The summed E-state index contributed by atoms with van der Waals surface area (Å²) < 4.78 is 0. The maximum atomic E-state index is 12.6. The lowest BCUT2D eigenvalue weighted by Gasteiger charge is -2.39. The van der Waals surface area contributed by atoms with Gasteiger partial charge in [0, 0.05) is 12.0 Å². The summed E-state index contributed by atoms with van der Waals surface area (Å²) >= 11 is 0. The molecule has 1 amide bonds. The third-order valence-corrected chi connectivity index (χ3v) is 5.36. The first kappa shape index (κ1) is 14.8. The van der Waals surface area contributed by atoms with Gasteiger partial charge in [0.1, 0.15) is 0 Å². The zero-order chi connectivity index (χ0) is 13.9. The van der Waals surface area contributed by atoms with Crippen LogP contribution in [0.15, 0.2) is 0 Å². The number of carbonyl (C=O) groups excluding carboxylic acids is 1. The van der Waals surface area contributed by atoms with Crippen LogP contribution in [0.1, 0.15) is 65.2 Å². The molecule has 0 saturated heterocycles. The molecule has 3 nitrogen and oxygen atoms in total. The zero-order valence-electron chi connectivity index (χ0n) is 12.6. The van der Waals surface area contributed by atoms with Crippen molar-refractivity contribution >= 4 is 5.91 Å². The summed E-state index contributed by atoms with van der Waals surface area (Å²) in [7, 11) is 0. The Hall–Kier alpha value is -0.570. The van der Waals surface area contributed by atoms with E-state index in [4.69, 9.17) is 5.73 Å². The molecule has 0 spiro atoms. The molecule has 3 atom stereocenters. The van der Waals surface area contributed by atoms with Crippen LogP contribution in [0, 0.1) is 17.3 Å². The second kappa shape index (κ2) is 6.25. The predicted octanol–water partition coefficient (Wildman–Crippen LogP) is 2.84. The molecule has 0 aliphatic heterocycles. The topological polar surface area (TPSA) is 55.1 Å². The Balaban J connectivity index is 1.95. The summed E-state index contributed by atoms with van der Waals surface area (Å²) in [6.07, 6.45) is 9.49. The molecule has 3 heteroatoms. The van der Waals surface area contributed by atoms with E-state index < -0.39 is 0 Å². The van der Waals surface area contributed by atoms with Gasteiger partial charge in [-0.3, -0.25) is 4.79 Å². The van der Waals surface area contributed by atoms with Crippen molar-refractivity contribution in [3.8, 4) is 0 Å². The Bertz CT molecular complexity index is 314. The number of nitrogens with one attached hydrogen (secondary N) is 1. The van der Waals surface area contributed by atoms with Gasteiger partial charge in [-0.25, -0.2) is 0 Å². The maximum absolute atomic E-state index is 12.6. The van der Waals surface area contributed by atoms with Crippen molar-refractivity contribution in [3.63, 3.8) is 0 Å². The minimum absolute atomic E-state index is 0.162. The average molecular weight is 266 g/mol. The molecule has 0 heterocycles. The Morgan fingerprint density at radius 3 is 2.53 bits per heavy atom. The largest absolute Gasteiger partial charge is 0.353 e. The Labute approximate surface area is 117 Å². The van der Waals surface area contributed by atoms with Gasteiger partial charge in [-0.15, -0.1) is 0 Å². The number of carbonyl (C=O) groups is 1. The lowest BCUT2D eigenvalue weighted by Crippen LogP contribution is -2.49. The first-order valence-electron chi connectivity index (χ1n) is 8.05. The molecule has 0 radical (unpaired) electrons. The van der Waals surface area contributed by atoms with Crippen LogP contribution in [-0.2, 0) is 4.79 Å². The van der Waals surface area contributed by atoms with Crippen LogP contribution in [0.5, 0.6) is 0 Å². The minimum Gasteiger partial charge on any atom is -0.353 e. The molecule has 3 unspecified atom stereocenters. The average Bonchev–Trinajstić information content (AvgIpc) is 2.38. The van der Waals surface area contributed by atoms with Crippen LogP contribution in [0.25, 0.3) is 0 Å². The molecule has 110 valence electrons. The standard InChI is InChI=1S/C16H30N2O/c1-16(2)10-6-5-8-13(16)15(19)18-14-9-4-3-7-12(14)11-17/h12-14H,3-11,17H2,1-2H3,(H,18,19). The van der Waals surface area contributed by atoms with Gasteiger partial charge in [0.15, 0.2) is 0 Å². The number of rotatable bonds is 3. The molecule has 0 bridgehead atoms. The quantitative estimate of drug-likeness (QED) is 0.825. The van der Waals surface area contributed by atoms with Gasteiger partial charge in [-0.05, 0) is 43.6 Å². The van der Waals surface area contributed by atoms with Crippen molar-refractivity contribution in [1.82, 2.24) is 5.32 Å². The van der Waals surface area contributed by atoms with Crippen molar-refractivity contribution in [2.75, 3.05) is 6.54 Å². The molecule has 2 aliphatic rings. The van der Waals surface area contributed by atoms with Crippen molar-refractivity contribution in [3.05, 3.63) is 0 Å². The first-order chi connectivity index (χ1) is 9.04. The van der Waals surface area contributed by atoms with Crippen LogP contribution in [0.2, 0.25) is 0 Å². The van der Waals surface area contributed by atoms with Gasteiger partial charge in [-0.2, -0.15) is 0 Å². The fraction of sp³-hybridized carbons (Fsp3) is 0.938. The van der Waals surface area contributed by atoms with E-state index in [-0.39, 0.29) is 17.2 Å². The molecule has 0 aromatic rings. The molecule has 19 heavy (non-hydrogen) atoms. The molecule has 2 saturated carbocycles. The SMILES string of the molecule is CC1(C)CCCCC1C(=O)NC1CCCCC1CN. The molecular weight excluding hydrogens is 236 g/mol. The second-order valence-electron chi connectivity index (χ2n) is 7.18. The monoisotopic (exact) mass is 266 g/mol. The van der Waals surface area contributed by atoms with Gasteiger partial charge in [0.05, 0.1) is 0 Å². The van der Waals surface area contributed by atoms with E-state index in [1.54, 1.807) is 0 Å². The highest BCUT2D eigenvalue weighted by molar-refractivity contribution is 5.79. The third kappa shape index (κ3) is 3.50. The molecule has 2 rings (SSSR count). The predicted molar refractivity (Wildman–Crippen MR) is 78.7 cm³/mol. The molecule has 0 aromatic heterocycles. The smallest absolute Gasteiger partial charge is 0.223 e. The van der Waals surface area contributed by atoms with E-state index in [2.05, 4.69) is 19.2 Å². The van der Waals surface area contributed by atoms with Crippen LogP contribution in [0.3, 0.4) is 0 Å². The van der Waals surface area contributed by atoms with E-state index in [9.17, 15) is 4.79 Å². The molecule has 2 fully saturated rings. The number of nitrogens with two attached hydrogens (primary N) is 1. The van der Waals surface area contributed by atoms with Crippen molar-refractivity contribution in [2.24, 2.45) is 23.0 Å². The lowest BCUT2D eigenvalue weighted by molar-refractivity contribution is -0.131. The Morgan fingerprint density at radius 1 is 1.16 bits per heavy atom. The fourth-order valence-corrected chi connectivity index (χ4v) is 3.94. The molecule has 0 aromatic carbocycles. The van der Waals surface area contributed by atoms with Gasteiger partial charge >= 0.3 is 0 Å². The van der Waals surface area contributed by atoms with Crippen molar-refractivity contribution < 1.29 is 4.79 Å². The second-order valence-corrected chi connectivity index (χ2v) is 7.18. The Morgan fingerprint density at radius 2 is 1.84 bits per heavy atom. The van der Waals surface area contributed by atoms with Crippen molar-refractivity contribution in [1.29, 1.82) is 0 Å². The minimum atomic E-state index is 0.162. The van der Waals surface area contributed by atoms with E-state index >= 15 is 0 Å². The highest BCUT2D eigenvalue weighted by Gasteiger charge is 2.38. The summed E-state index contributed by atoms with van der Waals surface area (Å²) in [5, 5.41) is 3.33. The number of hydrogen-bond acceptors (Lipinski definition) is 2. The zero-order valence-corrected chi connectivity index (χ0v) is 12.6. The maximum Gasteiger partial charge on any atom is 0.223 e. The van der Waals surface area contributed by atoms with Crippen LogP contribution in [0.4, 0.5) is 0 Å². The fourth-order valence-electron chi connectivity index (χ4n) is 3.94. The van der Waals surface area contributed by atoms with Gasteiger partial charge < -0.3 is 11.1 Å². The van der Waals surface area contributed by atoms with Crippen LogP contribution < -0.4 is 11.1 Å². The Kier molecular flexibility index (Phi) is 4.88. The van der Waals surface area contributed by atoms with E-state index in [0.717, 1.165) is 12.8 Å². The van der Waals surface area contributed by atoms with Gasteiger partial charge in [0.2, 0.25) is 5.91 Å². The third-order valence-electron chi connectivity index (χ3n) is 5.36. The first-order valence-corrected chi connectivity index (χ1v) is 8.05. The highest BCUT2D eigenvalue weighted by atomic mass is 16.2. The summed E-state index contributed by atoms with van der Waals surface area (Å²) in [4.78, 5) is 12.6. The molecule has 2 aliphatic carbocycles. The number of hydrogen-bond donors (Lipinski definition) is 2. The molecular formula is C16H30N2O. The van der Waals surface area contributed by atoms with Crippen LogP contribution in [-0.4, -0.2) is 18.5 Å². The van der Waals surface area contributed by atoms with Crippen molar-refractivity contribution in [2.45, 2.75) is 71.3 Å². The molecule has 3 N–H and O–H groups in total. The highest BCUT2D eigenvalue weighted by Crippen LogP contribution is 2.40. The van der Waals surface area contributed by atoms with Crippen LogP contribution >= 0.6 is 0 Å². The summed E-state index contributed by atoms with van der Waals surface area (Å²) in [6, 6.07) is 0.323. The van der Waals surface area contributed by atoms with E-state index in [1.807, 2.05) is 0 Å². The van der Waals surface area contributed by atoms with Gasteiger partial charge in [0.25, 0.3) is 0 Å². The summed E-state index contributed by atoms with van der Waals surface area (Å²) in [5.41, 5.74) is 6.01. The lowest BCUT2D eigenvalue weighted by atomic mass is 9.68. The van der Waals surface area contributed by atoms with E-state index in [0.29, 0.717) is 18.5 Å². The summed E-state index contributed by atoms with van der Waals surface area (Å²) in [5.74, 6) is 0.973. The number of amides is 1. The van der Waals surface area contributed by atoms with Gasteiger partial charge in [-0.1, -0.05) is 39.5 Å². The summed E-state index contributed by atoms with van der Waals surface area (Å²) in [6.45, 7) is 5.20.